The molecule has 3 unspecified atom stereocenters. The van der Waals surface area contributed by atoms with Crippen molar-refractivity contribution in [3.8, 4) is 0 Å². The van der Waals surface area contributed by atoms with Crippen molar-refractivity contribution in [2.45, 2.75) is 58.2 Å². The standard InChI is InChI=1S/C13H25NO3/c1-3-16-11(9-14)8-13(15)17-12-7-5-4-6-10(12)2/h10-12H,3-9,14H2,1-2H3. The van der Waals surface area contributed by atoms with Crippen LogP contribution in [0.2, 0.25) is 0 Å². The first-order valence-electron chi connectivity index (χ1n) is 6.68. The first-order valence-corrected chi connectivity index (χ1v) is 6.68. The summed E-state index contributed by atoms with van der Waals surface area (Å²) < 4.78 is 10.9. The zero-order valence-electron chi connectivity index (χ0n) is 11.0. The molecule has 1 aliphatic rings. The maximum atomic E-state index is 11.7. The monoisotopic (exact) mass is 243 g/mol. The van der Waals surface area contributed by atoms with Crippen LogP contribution < -0.4 is 5.73 Å². The zero-order valence-corrected chi connectivity index (χ0v) is 11.0. The summed E-state index contributed by atoms with van der Waals surface area (Å²) in [6.07, 6.45) is 4.72. The van der Waals surface area contributed by atoms with Crippen LogP contribution in [0.1, 0.15) is 46.0 Å². The zero-order chi connectivity index (χ0) is 12.7. The Kier molecular flexibility index (Phi) is 6.52. The van der Waals surface area contributed by atoms with E-state index in [1.54, 1.807) is 0 Å². The Bertz CT molecular complexity index is 233. The number of carbonyl (C=O) groups is 1. The summed E-state index contributed by atoms with van der Waals surface area (Å²) >= 11 is 0. The lowest BCUT2D eigenvalue weighted by molar-refractivity contribution is -0.156. The SMILES string of the molecule is CCOC(CN)CC(=O)OC1CCCCC1C. The molecule has 0 aliphatic heterocycles. The number of carbonyl (C=O) groups excluding carboxylic acids is 1. The van der Waals surface area contributed by atoms with Gasteiger partial charge < -0.3 is 15.2 Å². The van der Waals surface area contributed by atoms with Crippen LogP contribution in [0.4, 0.5) is 0 Å². The molecule has 0 spiro atoms. The van der Waals surface area contributed by atoms with Crippen molar-refractivity contribution in [2.24, 2.45) is 11.7 Å². The molecule has 4 nitrogen and oxygen atoms in total. The molecule has 1 saturated carbocycles. The van der Waals surface area contributed by atoms with E-state index >= 15 is 0 Å². The van der Waals surface area contributed by atoms with Crippen LogP contribution in [0.25, 0.3) is 0 Å². The molecular weight excluding hydrogens is 218 g/mol. The van der Waals surface area contributed by atoms with E-state index in [4.69, 9.17) is 15.2 Å². The Morgan fingerprint density at radius 3 is 2.71 bits per heavy atom. The second-order valence-electron chi connectivity index (χ2n) is 4.81. The largest absolute Gasteiger partial charge is 0.462 e. The molecule has 3 atom stereocenters. The lowest BCUT2D eigenvalue weighted by Crippen LogP contribution is -2.32. The van der Waals surface area contributed by atoms with Crippen LogP contribution in [0.15, 0.2) is 0 Å². The van der Waals surface area contributed by atoms with Crippen LogP contribution >= 0.6 is 0 Å². The van der Waals surface area contributed by atoms with Crippen molar-refractivity contribution >= 4 is 5.97 Å². The van der Waals surface area contributed by atoms with Crippen LogP contribution in [0.5, 0.6) is 0 Å². The van der Waals surface area contributed by atoms with E-state index in [1.165, 1.54) is 6.42 Å². The predicted molar refractivity (Wildman–Crippen MR) is 66.6 cm³/mol. The summed E-state index contributed by atoms with van der Waals surface area (Å²) in [5.74, 6) is 0.309. The van der Waals surface area contributed by atoms with Gasteiger partial charge >= 0.3 is 5.97 Å². The summed E-state index contributed by atoms with van der Waals surface area (Å²) in [6.45, 7) is 5.00. The average Bonchev–Trinajstić information content (AvgIpc) is 2.31. The highest BCUT2D eigenvalue weighted by Crippen LogP contribution is 2.26. The van der Waals surface area contributed by atoms with Crippen molar-refractivity contribution < 1.29 is 14.3 Å². The summed E-state index contributed by atoms with van der Waals surface area (Å²) in [5, 5.41) is 0. The molecule has 0 saturated heterocycles. The number of hydrogen-bond acceptors (Lipinski definition) is 4. The molecule has 0 bridgehead atoms. The molecular formula is C13H25NO3. The number of rotatable bonds is 6. The highest BCUT2D eigenvalue weighted by molar-refractivity contribution is 5.70. The van der Waals surface area contributed by atoms with E-state index < -0.39 is 0 Å². The lowest BCUT2D eigenvalue weighted by atomic mass is 9.88. The third kappa shape index (κ3) is 5.04. The fraction of sp³-hybridized carbons (Fsp3) is 0.923. The fourth-order valence-corrected chi connectivity index (χ4v) is 2.31. The second kappa shape index (κ2) is 7.67. The Balaban J connectivity index is 2.32. The van der Waals surface area contributed by atoms with Gasteiger partial charge in [0.15, 0.2) is 0 Å². The van der Waals surface area contributed by atoms with Gasteiger partial charge in [0.1, 0.15) is 6.10 Å². The number of nitrogens with two attached hydrogens (primary N) is 1. The number of ether oxygens (including phenoxy) is 2. The first-order chi connectivity index (χ1) is 8.17. The molecule has 0 radical (unpaired) electrons. The van der Waals surface area contributed by atoms with E-state index in [9.17, 15) is 4.79 Å². The Hall–Kier alpha value is -0.610. The number of esters is 1. The maximum absolute atomic E-state index is 11.7. The summed E-state index contributed by atoms with van der Waals surface area (Å²) in [7, 11) is 0. The maximum Gasteiger partial charge on any atom is 0.308 e. The fourth-order valence-electron chi connectivity index (χ4n) is 2.31. The highest BCUT2D eigenvalue weighted by atomic mass is 16.5. The molecule has 4 heteroatoms. The van der Waals surface area contributed by atoms with E-state index in [-0.39, 0.29) is 24.6 Å². The predicted octanol–water partition coefficient (Wildman–Crippen LogP) is 1.86. The van der Waals surface area contributed by atoms with E-state index in [0.717, 1.165) is 19.3 Å². The van der Waals surface area contributed by atoms with Gasteiger partial charge in [-0.15, -0.1) is 0 Å². The van der Waals surface area contributed by atoms with Gasteiger partial charge in [-0.1, -0.05) is 13.3 Å². The van der Waals surface area contributed by atoms with Gasteiger partial charge in [0, 0.05) is 13.2 Å². The van der Waals surface area contributed by atoms with Crippen molar-refractivity contribution in [1.82, 2.24) is 0 Å². The van der Waals surface area contributed by atoms with Gasteiger partial charge in [-0.3, -0.25) is 4.79 Å². The van der Waals surface area contributed by atoms with E-state index in [0.29, 0.717) is 19.1 Å². The van der Waals surface area contributed by atoms with Gasteiger partial charge in [0.05, 0.1) is 12.5 Å². The molecule has 0 amide bonds. The highest BCUT2D eigenvalue weighted by Gasteiger charge is 2.25. The molecule has 1 aliphatic carbocycles. The normalized spacial score (nSPS) is 26.5. The molecule has 17 heavy (non-hydrogen) atoms. The minimum atomic E-state index is -0.202. The quantitative estimate of drug-likeness (QED) is 0.723. The first kappa shape index (κ1) is 14.5. The third-order valence-electron chi connectivity index (χ3n) is 3.38. The molecule has 2 N–H and O–H groups in total. The molecule has 0 aromatic carbocycles. The molecule has 1 fully saturated rings. The van der Waals surface area contributed by atoms with Crippen molar-refractivity contribution in [3.05, 3.63) is 0 Å². The Morgan fingerprint density at radius 1 is 1.41 bits per heavy atom. The van der Waals surface area contributed by atoms with Gasteiger partial charge in [-0.25, -0.2) is 0 Å². The van der Waals surface area contributed by atoms with Crippen molar-refractivity contribution in [3.63, 3.8) is 0 Å². The van der Waals surface area contributed by atoms with Crippen molar-refractivity contribution in [2.75, 3.05) is 13.2 Å². The van der Waals surface area contributed by atoms with Crippen LogP contribution in [-0.4, -0.2) is 31.3 Å². The summed E-state index contributed by atoms with van der Waals surface area (Å²) in [6, 6.07) is 0. The van der Waals surface area contributed by atoms with Crippen LogP contribution in [0.3, 0.4) is 0 Å². The number of hydrogen-bond donors (Lipinski definition) is 1. The summed E-state index contributed by atoms with van der Waals surface area (Å²) in [4.78, 5) is 11.7. The molecule has 0 aromatic heterocycles. The van der Waals surface area contributed by atoms with Gasteiger partial charge in [-0.2, -0.15) is 0 Å². The van der Waals surface area contributed by atoms with E-state index in [1.807, 2.05) is 6.92 Å². The molecule has 0 aromatic rings. The second-order valence-corrected chi connectivity index (χ2v) is 4.81. The molecule has 0 heterocycles. The van der Waals surface area contributed by atoms with Crippen LogP contribution in [-0.2, 0) is 14.3 Å². The van der Waals surface area contributed by atoms with Crippen LogP contribution in [0, 0.1) is 5.92 Å². The average molecular weight is 243 g/mol. The minimum Gasteiger partial charge on any atom is -0.462 e. The summed E-state index contributed by atoms with van der Waals surface area (Å²) in [5.41, 5.74) is 5.53. The minimum absolute atomic E-state index is 0.0938. The Labute approximate surface area is 104 Å². The van der Waals surface area contributed by atoms with E-state index in [2.05, 4.69) is 6.92 Å². The smallest absolute Gasteiger partial charge is 0.308 e. The topological polar surface area (TPSA) is 61.5 Å². The van der Waals surface area contributed by atoms with Gasteiger partial charge in [0.2, 0.25) is 0 Å². The molecule has 100 valence electrons. The lowest BCUT2D eigenvalue weighted by Gasteiger charge is -2.28. The van der Waals surface area contributed by atoms with Gasteiger partial charge in [-0.05, 0) is 32.1 Å². The van der Waals surface area contributed by atoms with Crippen molar-refractivity contribution in [1.29, 1.82) is 0 Å². The third-order valence-corrected chi connectivity index (χ3v) is 3.38. The molecule has 1 rings (SSSR count). The van der Waals surface area contributed by atoms with Gasteiger partial charge in [0.25, 0.3) is 0 Å². The Morgan fingerprint density at radius 2 is 2.12 bits per heavy atom.